The normalized spacial score (nSPS) is 14.5. The molecule has 1 aromatic carbocycles. The molecular formula is C7H8N2O2. The second kappa shape index (κ2) is 2.03. The van der Waals surface area contributed by atoms with Crippen LogP contribution in [0.25, 0.3) is 0 Å². The molecule has 3 N–H and O–H groups in total. The van der Waals surface area contributed by atoms with Crippen LogP contribution in [-0.2, 0) is 0 Å². The number of rotatable bonds is 0. The Balaban J connectivity index is 2.52. The lowest BCUT2D eigenvalue weighted by molar-refractivity contribution is 0.268. The number of aromatic hydroxyl groups is 1. The number of hydrogen-bond acceptors (Lipinski definition) is 4. The fourth-order valence-corrected chi connectivity index (χ4v) is 1.13. The van der Waals surface area contributed by atoms with Crippen molar-refractivity contribution in [3.63, 3.8) is 0 Å². The van der Waals surface area contributed by atoms with Crippen LogP contribution < -0.4 is 10.4 Å². The van der Waals surface area contributed by atoms with Gasteiger partial charge in [0.2, 0.25) is 0 Å². The lowest BCUT2D eigenvalue weighted by Crippen LogP contribution is -2.16. The van der Waals surface area contributed by atoms with Crippen molar-refractivity contribution in [1.82, 2.24) is 0 Å². The molecule has 0 amide bonds. The third-order valence-electron chi connectivity index (χ3n) is 1.68. The molecule has 0 unspecified atom stereocenters. The van der Waals surface area contributed by atoms with Gasteiger partial charge in [-0.15, -0.1) is 0 Å². The zero-order chi connectivity index (χ0) is 7.84. The minimum absolute atomic E-state index is 0.159. The molecule has 11 heavy (non-hydrogen) atoms. The van der Waals surface area contributed by atoms with Crippen molar-refractivity contribution in [2.75, 3.05) is 17.0 Å². The maximum Gasteiger partial charge on any atom is 0.117 e. The van der Waals surface area contributed by atoms with Gasteiger partial charge >= 0.3 is 0 Å². The van der Waals surface area contributed by atoms with E-state index in [2.05, 4.69) is 5.32 Å². The Bertz CT molecular complexity index is 288. The summed E-state index contributed by atoms with van der Waals surface area (Å²) in [5.41, 5.74) is 1.45. The molecule has 0 saturated heterocycles. The summed E-state index contributed by atoms with van der Waals surface area (Å²) in [7, 11) is 0. The second-order valence-electron chi connectivity index (χ2n) is 2.44. The van der Waals surface area contributed by atoms with E-state index in [9.17, 15) is 0 Å². The summed E-state index contributed by atoms with van der Waals surface area (Å²) >= 11 is 0. The zero-order valence-electron chi connectivity index (χ0n) is 5.78. The molecule has 0 fully saturated rings. The Kier molecular flexibility index (Phi) is 1.16. The van der Waals surface area contributed by atoms with Crippen LogP contribution in [0, 0.1) is 0 Å². The smallest absolute Gasteiger partial charge is 0.117 e. The molecule has 1 aliphatic rings. The van der Waals surface area contributed by atoms with Gasteiger partial charge in [0.1, 0.15) is 12.4 Å². The number of hydroxylamine groups is 1. The predicted molar refractivity (Wildman–Crippen MR) is 40.9 cm³/mol. The summed E-state index contributed by atoms with van der Waals surface area (Å²) in [6, 6.07) is 4.81. The van der Waals surface area contributed by atoms with E-state index < -0.39 is 0 Å². The Hall–Kier alpha value is -1.42. The number of phenolic OH excluding ortho intramolecular Hbond substituents is 1. The molecule has 4 heteroatoms. The van der Waals surface area contributed by atoms with E-state index in [1.54, 1.807) is 12.1 Å². The van der Waals surface area contributed by atoms with Gasteiger partial charge in [0.25, 0.3) is 0 Å². The van der Waals surface area contributed by atoms with E-state index in [0.29, 0.717) is 12.4 Å². The number of benzene rings is 1. The topological polar surface area (TPSA) is 55.7 Å². The SMILES string of the molecule is Oc1ccc2c(c1)N(O)CN2. The molecule has 4 nitrogen and oxygen atoms in total. The van der Waals surface area contributed by atoms with Gasteiger partial charge < -0.3 is 10.4 Å². The van der Waals surface area contributed by atoms with Gasteiger partial charge in [0.05, 0.1) is 11.4 Å². The predicted octanol–water partition coefficient (Wildman–Crippen LogP) is 0.971. The molecular weight excluding hydrogens is 144 g/mol. The van der Waals surface area contributed by atoms with Gasteiger partial charge in [0, 0.05) is 6.07 Å². The van der Waals surface area contributed by atoms with Gasteiger partial charge in [-0.1, -0.05) is 0 Å². The second-order valence-corrected chi connectivity index (χ2v) is 2.44. The molecule has 0 aromatic heterocycles. The van der Waals surface area contributed by atoms with Crippen molar-refractivity contribution >= 4 is 11.4 Å². The minimum Gasteiger partial charge on any atom is -0.508 e. The van der Waals surface area contributed by atoms with Gasteiger partial charge in [-0.2, -0.15) is 0 Å². The van der Waals surface area contributed by atoms with E-state index in [4.69, 9.17) is 10.3 Å². The van der Waals surface area contributed by atoms with E-state index >= 15 is 0 Å². The number of nitrogens with zero attached hydrogens (tertiary/aromatic N) is 1. The van der Waals surface area contributed by atoms with Crippen molar-refractivity contribution in [2.45, 2.75) is 0 Å². The van der Waals surface area contributed by atoms with Crippen molar-refractivity contribution in [1.29, 1.82) is 0 Å². The van der Waals surface area contributed by atoms with Crippen molar-refractivity contribution in [3.05, 3.63) is 18.2 Å². The van der Waals surface area contributed by atoms with Crippen LogP contribution in [0.1, 0.15) is 0 Å². The lowest BCUT2D eigenvalue weighted by atomic mass is 10.2. The van der Waals surface area contributed by atoms with Crippen LogP contribution >= 0.6 is 0 Å². The summed E-state index contributed by atoms with van der Waals surface area (Å²) < 4.78 is 0. The molecule has 0 bridgehead atoms. The molecule has 0 saturated carbocycles. The quantitative estimate of drug-likeness (QED) is 0.485. The highest BCUT2D eigenvalue weighted by molar-refractivity contribution is 5.74. The number of nitrogens with one attached hydrogen (secondary N) is 1. The summed E-state index contributed by atoms with van der Waals surface area (Å²) in [6.07, 6.45) is 0. The van der Waals surface area contributed by atoms with Crippen LogP contribution in [0.3, 0.4) is 0 Å². The molecule has 0 radical (unpaired) electrons. The summed E-state index contributed by atoms with van der Waals surface area (Å²) in [5, 5.41) is 22.2. The largest absolute Gasteiger partial charge is 0.508 e. The fraction of sp³-hybridized carbons (Fsp3) is 0.143. The summed E-state index contributed by atoms with van der Waals surface area (Å²) in [4.78, 5) is 0. The number of anilines is 2. The standard InChI is InChI=1S/C7H8N2O2/c10-5-1-2-6-7(3-5)9(11)4-8-6/h1-3,8,10-11H,4H2. The van der Waals surface area contributed by atoms with Crippen LogP contribution in [0.5, 0.6) is 5.75 Å². The molecule has 0 atom stereocenters. The number of hydrogen-bond donors (Lipinski definition) is 3. The fourth-order valence-electron chi connectivity index (χ4n) is 1.13. The Morgan fingerprint density at radius 1 is 1.45 bits per heavy atom. The molecule has 0 aliphatic carbocycles. The lowest BCUT2D eigenvalue weighted by Gasteiger charge is -2.06. The first-order valence-corrected chi connectivity index (χ1v) is 3.31. The first-order valence-electron chi connectivity index (χ1n) is 3.31. The first-order chi connectivity index (χ1) is 5.27. The average molecular weight is 152 g/mol. The highest BCUT2D eigenvalue weighted by Gasteiger charge is 2.16. The van der Waals surface area contributed by atoms with Gasteiger partial charge in [0.15, 0.2) is 0 Å². The third-order valence-corrected chi connectivity index (χ3v) is 1.68. The van der Waals surface area contributed by atoms with Crippen LogP contribution in [0.2, 0.25) is 0 Å². The molecule has 2 rings (SSSR count). The summed E-state index contributed by atoms with van der Waals surface area (Å²) in [5.74, 6) is 0.159. The van der Waals surface area contributed by atoms with Gasteiger partial charge in [-0.25, -0.2) is 5.06 Å². The highest BCUT2D eigenvalue weighted by Crippen LogP contribution is 2.32. The average Bonchev–Trinajstić information content (AvgIpc) is 2.33. The van der Waals surface area contributed by atoms with Crippen molar-refractivity contribution in [2.24, 2.45) is 0 Å². The Labute approximate surface area is 63.6 Å². The van der Waals surface area contributed by atoms with Crippen molar-refractivity contribution in [3.8, 4) is 5.75 Å². The highest BCUT2D eigenvalue weighted by atomic mass is 16.5. The monoisotopic (exact) mass is 152 g/mol. The van der Waals surface area contributed by atoms with Crippen molar-refractivity contribution < 1.29 is 10.3 Å². The van der Waals surface area contributed by atoms with Gasteiger partial charge in [-0.3, -0.25) is 5.21 Å². The maximum absolute atomic E-state index is 9.17. The van der Waals surface area contributed by atoms with E-state index in [-0.39, 0.29) is 5.75 Å². The third kappa shape index (κ3) is 0.877. The van der Waals surface area contributed by atoms with E-state index in [0.717, 1.165) is 10.8 Å². The Morgan fingerprint density at radius 2 is 2.27 bits per heavy atom. The van der Waals surface area contributed by atoms with E-state index in [1.165, 1.54) is 6.07 Å². The maximum atomic E-state index is 9.17. The molecule has 1 aromatic rings. The zero-order valence-corrected chi connectivity index (χ0v) is 5.78. The Morgan fingerprint density at radius 3 is 3.09 bits per heavy atom. The van der Waals surface area contributed by atoms with Crippen LogP contribution in [0.4, 0.5) is 11.4 Å². The number of phenols is 1. The summed E-state index contributed by atoms with van der Waals surface area (Å²) in [6.45, 7) is 0.374. The molecule has 58 valence electrons. The first kappa shape index (κ1) is 6.30. The molecule has 1 heterocycles. The van der Waals surface area contributed by atoms with Gasteiger partial charge in [-0.05, 0) is 12.1 Å². The minimum atomic E-state index is 0.159. The molecule has 1 aliphatic heterocycles. The van der Waals surface area contributed by atoms with Crippen LogP contribution in [0.15, 0.2) is 18.2 Å². The van der Waals surface area contributed by atoms with E-state index in [1.807, 2.05) is 0 Å². The number of fused-ring (bicyclic) bond motifs is 1. The van der Waals surface area contributed by atoms with Crippen LogP contribution in [-0.4, -0.2) is 17.0 Å². The molecule has 0 spiro atoms.